The Morgan fingerprint density at radius 2 is 1.78 bits per heavy atom. The highest BCUT2D eigenvalue weighted by Gasteiger charge is 2.23. The van der Waals surface area contributed by atoms with Gasteiger partial charge >= 0.3 is 0 Å². The van der Waals surface area contributed by atoms with Crippen molar-refractivity contribution in [2.75, 3.05) is 57.9 Å². The van der Waals surface area contributed by atoms with E-state index < -0.39 is 0 Å². The normalized spacial score (nSPS) is 14.7. The summed E-state index contributed by atoms with van der Waals surface area (Å²) in [5.41, 5.74) is 1.19. The zero-order valence-electron chi connectivity index (χ0n) is 13.9. The molecule has 1 fully saturated rings. The molecule has 0 aliphatic carbocycles. The molecular weight excluding hydrogens is 294 g/mol. The Morgan fingerprint density at radius 3 is 2.35 bits per heavy atom. The van der Waals surface area contributed by atoms with Crippen LogP contribution < -0.4 is 4.90 Å². The van der Waals surface area contributed by atoms with Crippen LogP contribution in [0.2, 0.25) is 0 Å². The standard InChI is InChI=1S/C17H25N3O3/c1-15(21)20(12-13-23-2)14-17(22)19-10-8-18(9-11-19)16-6-4-3-5-7-16/h3-7H,8-14H2,1-2H3. The van der Waals surface area contributed by atoms with E-state index in [1.165, 1.54) is 17.5 Å². The SMILES string of the molecule is COCCN(CC(=O)N1CCN(c2ccccc2)CC1)C(C)=O. The molecule has 1 aromatic rings. The van der Waals surface area contributed by atoms with Gasteiger partial charge in [0.15, 0.2) is 0 Å². The molecule has 6 nitrogen and oxygen atoms in total. The predicted molar refractivity (Wildman–Crippen MR) is 89.4 cm³/mol. The van der Waals surface area contributed by atoms with Crippen LogP contribution in [0, 0.1) is 0 Å². The number of benzene rings is 1. The average Bonchev–Trinajstić information content (AvgIpc) is 2.59. The number of nitrogens with zero attached hydrogens (tertiary/aromatic N) is 3. The van der Waals surface area contributed by atoms with Gasteiger partial charge in [-0.1, -0.05) is 18.2 Å². The van der Waals surface area contributed by atoms with E-state index in [0.717, 1.165) is 13.1 Å². The fourth-order valence-corrected chi connectivity index (χ4v) is 2.67. The van der Waals surface area contributed by atoms with Crippen molar-refractivity contribution in [1.29, 1.82) is 0 Å². The zero-order chi connectivity index (χ0) is 16.7. The molecule has 1 heterocycles. The second-order valence-electron chi connectivity index (χ2n) is 5.64. The number of piperazine rings is 1. The first-order valence-electron chi connectivity index (χ1n) is 7.94. The minimum Gasteiger partial charge on any atom is -0.383 e. The first-order valence-corrected chi connectivity index (χ1v) is 7.94. The van der Waals surface area contributed by atoms with Crippen LogP contribution in [0.5, 0.6) is 0 Å². The molecule has 0 N–H and O–H groups in total. The topological polar surface area (TPSA) is 53.1 Å². The van der Waals surface area contributed by atoms with Gasteiger partial charge in [0, 0.05) is 52.4 Å². The average molecular weight is 319 g/mol. The largest absolute Gasteiger partial charge is 0.383 e. The molecule has 0 radical (unpaired) electrons. The third-order valence-corrected chi connectivity index (χ3v) is 4.09. The number of para-hydroxylation sites is 1. The van der Waals surface area contributed by atoms with Gasteiger partial charge in [-0.25, -0.2) is 0 Å². The third kappa shape index (κ3) is 4.96. The lowest BCUT2D eigenvalue weighted by atomic mass is 10.2. The van der Waals surface area contributed by atoms with Gasteiger partial charge in [-0.15, -0.1) is 0 Å². The first-order chi connectivity index (χ1) is 11.1. The van der Waals surface area contributed by atoms with Crippen molar-refractivity contribution in [3.8, 4) is 0 Å². The Bertz CT molecular complexity index is 513. The van der Waals surface area contributed by atoms with Gasteiger partial charge in [-0.2, -0.15) is 0 Å². The second kappa shape index (κ2) is 8.53. The van der Waals surface area contributed by atoms with Gasteiger partial charge in [0.2, 0.25) is 11.8 Å². The predicted octanol–water partition coefficient (Wildman–Crippen LogP) is 0.830. The number of anilines is 1. The Balaban J connectivity index is 1.84. The van der Waals surface area contributed by atoms with Gasteiger partial charge in [-0.05, 0) is 12.1 Å². The highest BCUT2D eigenvalue weighted by Crippen LogP contribution is 2.15. The quantitative estimate of drug-likeness (QED) is 0.779. The Labute approximate surface area is 137 Å². The van der Waals surface area contributed by atoms with Crippen molar-refractivity contribution >= 4 is 17.5 Å². The molecule has 1 aromatic carbocycles. The van der Waals surface area contributed by atoms with Crippen molar-refractivity contribution in [1.82, 2.24) is 9.80 Å². The zero-order valence-corrected chi connectivity index (χ0v) is 13.9. The Hall–Kier alpha value is -2.08. The van der Waals surface area contributed by atoms with Crippen molar-refractivity contribution in [2.24, 2.45) is 0 Å². The smallest absolute Gasteiger partial charge is 0.242 e. The van der Waals surface area contributed by atoms with Crippen LogP contribution in [-0.4, -0.2) is 74.6 Å². The summed E-state index contributed by atoms with van der Waals surface area (Å²) in [6.45, 7) is 5.49. The second-order valence-corrected chi connectivity index (χ2v) is 5.64. The summed E-state index contributed by atoms with van der Waals surface area (Å²) in [5.74, 6) is -0.0951. The number of rotatable bonds is 6. The lowest BCUT2D eigenvalue weighted by Crippen LogP contribution is -2.52. The van der Waals surface area contributed by atoms with E-state index in [4.69, 9.17) is 4.74 Å². The maximum absolute atomic E-state index is 12.4. The first kappa shape index (κ1) is 17.3. The summed E-state index contributed by atoms with van der Waals surface area (Å²) < 4.78 is 4.99. The molecule has 6 heteroatoms. The fraction of sp³-hybridized carbons (Fsp3) is 0.529. The van der Waals surface area contributed by atoms with Crippen molar-refractivity contribution < 1.29 is 14.3 Å². The highest BCUT2D eigenvalue weighted by atomic mass is 16.5. The van der Waals surface area contributed by atoms with E-state index in [2.05, 4.69) is 17.0 Å². The van der Waals surface area contributed by atoms with E-state index in [9.17, 15) is 9.59 Å². The van der Waals surface area contributed by atoms with E-state index in [1.54, 1.807) is 7.11 Å². The molecule has 23 heavy (non-hydrogen) atoms. The van der Waals surface area contributed by atoms with E-state index in [1.807, 2.05) is 23.1 Å². The molecule has 126 valence electrons. The molecule has 0 spiro atoms. The summed E-state index contributed by atoms with van der Waals surface area (Å²) in [7, 11) is 1.59. The lowest BCUT2D eigenvalue weighted by Gasteiger charge is -2.37. The molecule has 1 saturated heterocycles. The van der Waals surface area contributed by atoms with Crippen molar-refractivity contribution in [2.45, 2.75) is 6.92 Å². The maximum atomic E-state index is 12.4. The van der Waals surface area contributed by atoms with Crippen LogP contribution >= 0.6 is 0 Å². The summed E-state index contributed by atoms with van der Waals surface area (Å²) in [4.78, 5) is 29.6. The molecule has 0 unspecified atom stereocenters. The number of amides is 2. The van der Waals surface area contributed by atoms with Gasteiger partial charge in [-0.3, -0.25) is 9.59 Å². The van der Waals surface area contributed by atoms with Gasteiger partial charge in [0.05, 0.1) is 13.2 Å². The molecule has 2 amide bonds. The van der Waals surface area contributed by atoms with Crippen LogP contribution in [0.3, 0.4) is 0 Å². The molecule has 2 rings (SSSR count). The van der Waals surface area contributed by atoms with Crippen LogP contribution in [0.1, 0.15) is 6.92 Å². The summed E-state index contributed by atoms with van der Waals surface area (Å²) in [6.07, 6.45) is 0. The van der Waals surface area contributed by atoms with Crippen molar-refractivity contribution in [3.05, 3.63) is 30.3 Å². The third-order valence-electron chi connectivity index (χ3n) is 4.09. The molecule has 0 atom stereocenters. The molecule has 0 aromatic heterocycles. The minimum atomic E-state index is -0.0988. The van der Waals surface area contributed by atoms with Crippen LogP contribution in [0.15, 0.2) is 30.3 Å². The van der Waals surface area contributed by atoms with Crippen LogP contribution in [0.4, 0.5) is 5.69 Å². The fourth-order valence-electron chi connectivity index (χ4n) is 2.67. The van der Waals surface area contributed by atoms with E-state index >= 15 is 0 Å². The molecule has 1 aliphatic rings. The number of ether oxygens (including phenoxy) is 1. The minimum absolute atomic E-state index is 0.00372. The molecular formula is C17H25N3O3. The molecule has 1 aliphatic heterocycles. The Kier molecular flexibility index (Phi) is 6.40. The summed E-state index contributed by atoms with van der Waals surface area (Å²) in [5, 5.41) is 0. The monoisotopic (exact) mass is 319 g/mol. The van der Waals surface area contributed by atoms with Crippen LogP contribution in [0.25, 0.3) is 0 Å². The maximum Gasteiger partial charge on any atom is 0.242 e. The van der Waals surface area contributed by atoms with Gasteiger partial charge in [0.25, 0.3) is 0 Å². The molecule has 0 saturated carbocycles. The summed E-state index contributed by atoms with van der Waals surface area (Å²) in [6, 6.07) is 10.2. The number of hydrogen-bond donors (Lipinski definition) is 0. The van der Waals surface area contributed by atoms with Crippen LogP contribution in [-0.2, 0) is 14.3 Å². The molecule has 0 bridgehead atoms. The van der Waals surface area contributed by atoms with Gasteiger partial charge < -0.3 is 19.4 Å². The number of carbonyl (C=O) groups excluding carboxylic acids is 2. The number of methoxy groups -OCH3 is 1. The van der Waals surface area contributed by atoms with Crippen molar-refractivity contribution in [3.63, 3.8) is 0 Å². The lowest BCUT2D eigenvalue weighted by molar-refractivity contribution is -0.140. The number of carbonyl (C=O) groups is 2. The number of hydrogen-bond acceptors (Lipinski definition) is 4. The summed E-state index contributed by atoms with van der Waals surface area (Å²) >= 11 is 0. The van der Waals surface area contributed by atoms with E-state index in [0.29, 0.717) is 26.2 Å². The van der Waals surface area contributed by atoms with E-state index in [-0.39, 0.29) is 18.4 Å². The Morgan fingerprint density at radius 1 is 1.13 bits per heavy atom. The highest BCUT2D eigenvalue weighted by molar-refractivity contribution is 5.84. The van der Waals surface area contributed by atoms with Gasteiger partial charge in [0.1, 0.15) is 0 Å².